The smallest absolute Gasteiger partial charge is 0.339 e. The fourth-order valence-electron chi connectivity index (χ4n) is 1.56. The minimum atomic E-state index is -4.45. The molecule has 0 aliphatic heterocycles. The Labute approximate surface area is 112 Å². The number of aromatic nitrogens is 2. The molecule has 0 spiro atoms. The first-order valence-electron chi connectivity index (χ1n) is 5.53. The monoisotopic (exact) mass is 287 g/mol. The van der Waals surface area contributed by atoms with Crippen molar-refractivity contribution in [2.45, 2.75) is 19.6 Å². The highest BCUT2D eigenvalue weighted by Gasteiger charge is 2.33. The molecular weight excluding hydrogens is 275 g/mol. The molecule has 0 unspecified atom stereocenters. The average Bonchev–Trinajstić information content (AvgIpc) is 2.74. The molecule has 0 amide bonds. The summed E-state index contributed by atoms with van der Waals surface area (Å²) in [4.78, 5) is 11.2. The van der Waals surface area contributed by atoms with Crippen molar-refractivity contribution in [3.8, 4) is 0 Å². The van der Waals surface area contributed by atoms with Crippen molar-refractivity contribution in [3.05, 3.63) is 39.8 Å². The van der Waals surface area contributed by atoms with Gasteiger partial charge in [0.25, 0.3) is 0 Å². The van der Waals surface area contributed by atoms with Crippen LogP contribution in [0.5, 0.6) is 0 Å². The molecule has 0 radical (unpaired) electrons. The highest BCUT2D eigenvalue weighted by Crippen LogP contribution is 2.28. The van der Waals surface area contributed by atoms with Gasteiger partial charge >= 0.3 is 6.18 Å². The Hall–Kier alpha value is -1.63. The van der Waals surface area contributed by atoms with Gasteiger partial charge in [-0.25, -0.2) is 9.97 Å². The highest BCUT2D eigenvalue weighted by atomic mass is 32.1. The van der Waals surface area contributed by atoms with Gasteiger partial charge in [-0.15, -0.1) is 11.3 Å². The maximum Gasteiger partial charge on any atom is 0.433 e. The van der Waals surface area contributed by atoms with E-state index in [1.807, 2.05) is 19.1 Å². The number of alkyl halides is 3. The summed E-state index contributed by atoms with van der Waals surface area (Å²) in [6.07, 6.45) is -3.32. The molecule has 2 rings (SSSR count). The van der Waals surface area contributed by atoms with Crippen LogP contribution in [0.4, 0.5) is 19.1 Å². The van der Waals surface area contributed by atoms with Crippen LogP contribution in [0.25, 0.3) is 0 Å². The van der Waals surface area contributed by atoms with Gasteiger partial charge in [-0.1, -0.05) is 0 Å². The standard InChI is InChI=1S/C12H12F3N3S/c1-8-3-4-9(19-8)7-18(2)11-16-6-5-10(17-11)12(13,14)15/h3-6H,7H2,1-2H3. The molecule has 102 valence electrons. The van der Waals surface area contributed by atoms with Crippen molar-refractivity contribution >= 4 is 17.3 Å². The first-order chi connectivity index (χ1) is 8.86. The van der Waals surface area contributed by atoms with Crippen LogP contribution >= 0.6 is 11.3 Å². The second-order valence-corrected chi connectivity index (χ2v) is 5.48. The van der Waals surface area contributed by atoms with Gasteiger partial charge in [-0.3, -0.25) is 0 Å². The fraction of sp³-hybridized carbons (Fsp3) is 0.333. The molecule has 0 saturated carbocycles. The van der Waals surface area contributed by atoms with Crippen molar-refractivity contribution in [3.63, 3.8) is 0 Å². The number of thiophene rings is 1. The van der Waals surface area contributed by atoms with E-state index in [9.17, 15) is 13.2 Å². The third kappa shape index (κ3) is 3.44. The van der Waals surface area contributed by atoms with Crippen LogP contribution in [-0.4, -0.2) is 17.0 Å². The lowest BCUT2D eigenvalue weighted by Crippen LogP contribution is -2.20. The minimum absolute atomic E-state index is 0.0703. The van der Waals surface area contributed by atoms with Crippen LogP contribution in [0, 0.1) is 6.92 Å². The van der Waals surface area contributed by atoms with Crippen LogP contribution in [0.1, 0.15) is 15.4 Å². The van der Waals surface area contributed by atoms with E-state index in [1.54, 1.807) is 23.3 Å². The lowest BCUT2D eigenvalue weighted by atomic mass is 10.4. The van der Waals surface area contributed by atoms with Gasteiger partial charge in [-0.05, 0) is 25.1 Å². The van der Waals surface area contributed by atoms with Crippen LogP contribution in [0.2, 0.25) is 0 Å². The molecule has 2 aromatic heterocycles. The molecule has 3 nitrogen and oxygen atoms in total. The quantitative estimate of drug-likeness (QED) is 0.865. The molecule has 2 heterocycles. The molecule has 0 aliphatic carbocycles. The van der Waals surface area contributed by atoms with E-state index in [4.69, 9.17) is 0 Å². The summed E-state index contributed by atoms with van der Waals surface area (Å²) in [7, 11) is 1.67. The van der Waals surface area contributed by atoms with Gasteiger partial charge in [0.05, 0.1) is 6.54 Å². The number of halogens is 3. The summed E-state index contributed by atoms with van der Waals surface area (Å²) in [5.74, 6) is 0.0703. The van der Waals surface area contributed by atoms with Crippen molar-refractivity contribution in [2.75, 3.05) is 11.9 Å². The van der Waals surface area contributed by atoms with Gasteiger partial charge in [0, 0.05) is 23.0 Å². The fourth-order valence-corrected chi connectivity index (χ4v) is 2.51. The van der Waals surface area contributed by atoms with Crippen LogP contribution in [0.3, 0.4) is 0 Å². The van der Waals surface area contributed by atoms with Gasteiger partial charge < -0.3 is 4.90 Å². The van der Waals surface area contributed by atoms with E-state index in [-0.39, 0.29) is 5.95 Å². The van der Waals surface area contributed by atoms with Crippen molar-refractivity contribution in [1.29, 1.82) is 0 Å². The van der Waals surface area contributed by atoms with Gasteiger partial charge in [-0.2, -0.15) is 13.2 Å². The summed E-state index contributed by atoms with van der Waals surface area (Å²) in [5, 5.41) is 0. The average molecular weight is 287 g/mol. The normalized spacial score (nSPS) is 11.6. The van der Waals surface area contributed by atoms with Crippen LogP contribution in [0.15, 0.2) is 24.4 Å². The van der Waals surface area contributed by atoms with Gasteiger partial charge in [0.2, 0.25) is 5.95 Å². The zero-order valence-corrected chi connectivity index (χ0v) is 11.2. The topological polar surface area (TPSA) is 29.0 Å². The van der Waals surface area contributed by atoms with E-state index in [0.29, 0.717) is 6.54 Å². The third-order valence-corrected chi connectivity index (χ3v) is 3.45. The molecule has 0 aromatic carbocycles. The van der Waals surface area contributed by atoms with Crippen molar-refractivity contribution in [1.82, 2.24) is 9.97 Å². The first-order valence-corrected chi connectivity index (χ1v) is 6.34. The first kappa shape index (κ1) is 13.8. The second-order valence-electron chi connectivity index (χ2n) is 4.11. The Balaban J connectivity index is 2.17. The summed E-state index contributed by atoms with van der Waals surface area (Å²) in [5.41, 5.74) is -0.924. The maximum absolute atomic E-state index is 12.6. The molecule has 0 atom stereocenters. The predicted octanol–water partition coefficient (Wildman–Crippen LogP) is 3.50. The SMILES string of the molecule is Cc1ccc(CN(C)c2nccc(C(F)(F)F)n2)s1. The number of hydrogen-bond donors (Lipinski definition) is 0. The Bertz CT molecular complexity index is 565. The lowest BCUT2D eigenvalue weighted by Gasteiger charge is -2.17. The molecule has 0 N–H and O–H groups in total. The Kier molecular flexibility index (Phi) is 3.75. The molecule has 0 bridgehead atoms. The number of hydrogen-bond acceptors (Lipinski definition) is 4. The van der Waals surface area contributed by atoms with E-state index in [0.717, 1.165) is 22.0 Å². The van der Waals surface area contributed by atoms with E-state index in [2.05, 4.69) is 9.97 Å². The zero-order valence-electron chi connectivity index (χ0n) is 10.4. The Morgan fingerprint density at radius 3 is 2.58 bits per heavy atom. The third-order valence-electron chi connectivity index (χ3n) is 2.46. The van der Waals surface area contributed by atoms with Crippen LogP contribution in [-0.2, 0) is 12.7 Å². The molecule has 0 fully saturated rings. The van der Waals surface area contributed by atoms with Gasteiger partial charge in [0.1, 0.15) is 5.69 Å². The number of rotatable bonds is 3. The zero-order chi connectivity index (χ0) is 14.0. The number of nitrogens with zero attached hydrogens (tertiary/aromatic N) is 3. The molecule has 2 aromatic rings. The van der Waals surface area contributed by atoms with Crippen molar-refractivity contribution < 1.29 is 13.2 Å². The van der Waals surface area contributed by atoms with E-state index >= 15 is 0 Å². The number of aryl methyl sites for hydroxylation is 1. The van der Waals surface area contributed by atoms with Crippen molar-refractivity contribution in [2.24, 2.45) is 0 Å². The van der Waals surface area contributed by atoms with E-state index in [1.165, 1.54) is 0 Å². The minimum Gasteiger partial charge on any atom is -0.339 e. The Morgan fingerprint density at radius 2 is 2.00 bits per heavy atom. The molecule has 19 heavy (non-hydrogen) atoms. The summed E-state index contributed by atoms with van der Waals surface area (Å²) < 4.78 is 37.7. The molecule has 7 heteroatoms. The summed E-state index contributed by atoms with van der Waals surface area (Å²) >= 11 is 1.60. The van der Waals surface area contributed by atoms with E-state index < -0.39 is 11.9 Å². The highest BCUT2D eigenvalue weighted by molar-refractivity contribution is 7.11. The Morgan fingerprint density at radius 1 is 1.26 bits per heavy atom. The second kappa shape index (κ2) is 5.16. The lowest BCUT2D eigenvalue weighted by molar-refractivity contribution is -0.141. The van der Waals surface area contributed by atoms with Crippen LogP contribution < -0.4 is 4.90 Å². The molecular formula is C12H12F3N3S. The maximum atomic E-state index is 12.6. The predicted molar refractivity (Wildman–Crippen MR) is 68.2 cm³/mol. The summed E-state index contributed by atoms with van der Waals surface area (Å²) in [6.45, 7) is 2.47. The summed E-state index contributed by atoms with van der Waals surface area (Å²) in [6, 6.07) is 4.79. The largest absolute Gasteiger partial charge is 0.433 e. The molecule has 0 saturated heterocycles. The number of anilines is 1. The molecule has 0 aliphatic rings. The van der Waals surface area contributed by atoms with Gasteiger partial charge in [0.15, 0.2) is 0 Å².